The molecular weight excluding hydrogens is 342 g/mol. The molecule has 4 rings (SSSR count). The van der Waals surface area contributed by atoms with Crippen LogP contribution >= 0.6 is 11.8 Å². The SMILES string of the molecule is CSc1nc2ccn(Cc3ccccc3)c(=O)c2n1Cc1ccccc1. The number of rotatable bonds is 5. The number of aromatic nitrogens is 3. The van der Waals surface area contributed by atoms with Gasteiger partial charge in [-0.15, -0.1) is 0 Å². The highest BCUT2D eigenvalue weighted by atomic mass is 32.2. The Morgan fingerprint density at radius 3 is 2.12 bits per heavy atom. The van der Waals surface area contributed by atoms with Crippen molar-refractivity contribution in [2.75, 3.05) is 6.26 Å². The van der Waals surface area contributed by atoms with Crippen LogP contribution in [0.1, 0.15) is 11.1 Å². The summed E-state index contributed by atoms with van der Waals surface area (Å²) in [4.78, 5) is 17.8. The van der Waals surface area contributed by atoms with Gasteiger partial charge in [0.25, 0.3) is 5.56 Å². The lowest BCUT2D eigenvalue weighted by Gasteiger charge is -2.09. The number of pyridine rings is 1. The van der Waals surface area contributed by atoms with E-state index >= 15 is 0 Å². The van der Waals surface area contributed by atoms with Crippen LogP contribution in [0.2, 0.25) is 0 Å². The van der Waals surface area contributed by atoms with Gasteiger partial charge in [0.05, 0.1) is 18.6 Å². The number of hydrogen-bond acceptors (Lipinski definition) is 3. The van der Waals surface area contributed by atoms with E-state index in [0.717, 1.165) is 21.8 Å². The van der Waals surface area contributed by atoms with Gasteiger partial charge in [-0.1, -0.05) is 72.4 Å². The second-order valence-electron chi connectivity index (χ2n) is 6.14. The predicted molar refractivity (Wildman–Crippen MR) is 107 cm³/mol. The smallest absolute Gasteiger partial charge is 0.277 e. The molecule has 4 aromatic rings. The second kappa shape index (κ2) is 7.22. The highest BCUT2D eigenvalue weighted by Gasteiger charge is 2.15. The quantitative estimate of drug-likeness (QED) is 0.504. The van der Waals surface area contributed by atoms with Crippen LogP contribution in [0.4, 0.5) is 0 Å². The topological polar surface area (TPSA) is 39.8 Å². The van der Waals surface area contributed by atoms with Crippen molar-refractivity contribution in [3.8, 4) is 0 Å². The van der Waals surface area contributed by atoms with Gasteiger partial charge >= 0.3 is 0 Å². The number of hydrogen-bond donors (Lipinski definition) is 0. The highest BCUT2D eigenvalue weighted by molar-refractivity contribution is 7.98. The van der Waals surface area contributed by atoms with Gasteiger partial charge in [0.1, 0.15) is 5.52 Å². The molecule has 0 radical (unpaired) electrons. The maximum atomic E-state index is 13.2. The van der Waals surface area contributed by atoms with Crippen molar-refractivity contribution in [2.45, 2.75) is 18.2 Å². The van der Waals surface area contributed by atoms with Crippen LogP contribution in [-0.4, -0.2) is 20.4 Å². The fraction of sp³-hybridized carbons (Fsp3) is 0.143. The van der Waals surface area contributed by atoms with Crippen molar-refractivity contribution in [3.63, 3.8) is 0 Å². The maximum Gasteiger partial charge on any atom is 0.277 e. The largest absolute Gasteiger partial charge is 0.310 e. The van der Waals surface area contributed by atoms with Crippen LogP contribution in [-0.2, 0) is 13.1 Å². The van der Waals surface area contributed by atoms with Crippen molar-refractivity contribution in [1.29, 1.82) is 0 Å². The van der Waals surface area contributed by atoms with E-state index in [0.29, 0.717) is 18.6 Å². The Bertz CT molecular complexity index is 1080. The van der Waals surface area contributed by atoms with Crippen LogP contribution in [0.25, 0.3) is 11.0 Å². The second-order valence-corrected chi connectivity index (χ2v) is 6.91. The van der Waals surface area contributed by atoms with Crippen molar-refractivity contribution >= 4 is 22.8 Å². The summed E-state index contributed by atoms with van der Waals surface area (Å²) in [7, 11) is 0. The van der Waals surface area contributed by atoms with E-state index in [1.807, 2.05) is 71.6 Å². The van der Waals surface area contributed by atoms with Crippen LogP contribution in [0, 0.1) is 0 Å². The van der Waals surface area contributed by atoms with Gasteiger partial charge in [0, 0.05) is 6.20 Å². The summed E-state index contributed by atoms with van der Waals surface area (Å²) >= 11 is 1.56. The lowest BCUT2D eigenvalue weighted by Crippen LogP contribution is -2.22. The third-order valence-electron chi connectivity index (χ3n) is 4.40. The Hall–Kier alpha value is -2.79. The lowest BCUT2D eigenvalue weighted by atomic mass is 10.2. The summed E-state index contributed by atoms with van der Waals surface area (Å²) in [5, 5.41) is 0.860. The Morgan fingerprint density at radius 2 is 1.50 bits per heavy atom. The zero-order valence-electron chi connectivity index (χ0n) is 14.5. The molecular formula is C21H19N3OS. The molecule has 0 saturated carbocycles. The first-order chi connectivity index (χ1) is 12.8. The Balaban J connectivity index is 1.82. The third-order valence-corrected chi connectivity index (χ3v) is 5.07. The molecule has 0 atom stereocenters. The lowest BCUT2D eigenvalue weighted by molar-refractivity contribution is 0.714. The van der Waals surface area contributed by atoms with E-state index in [1.165, 1.54) is 0 Å². The third kappa shape index (κ3) is 3.18. The highest BCUT2D eigenvalue weighted by Crippen LogP contribution is 2.21. The molecule has 5 heteroatoms. The van der Waals surface area contributed by atoms with Crippen molar-refractivity contribution < 1.29 is 0 Å². The standard InChI is InChI=1S/C21H19N3OS/c1-26-21-22-18-12-13-23(14-16-8-4-2-5-9-16)20(25)19(18)24(21)15-17-10-6-3-7-11-17/h2-13H,14-15H2,1H3. The summed E-state index contributed by atoms with van der Waals surface area (Å²) in [6, 6.07) is 22.1. The van der Waals surface area contributed by atoms with E-state index in [9.17, 15) is 4.79 Å². The fourth-order valence-electron chi connectivity index (χ4n) is 3.13. The molecule has 2 aromatic heterocycles. The van der Waals surface area contributed by atoms with Gasteiger partial charge in [-0.2, -0.15) is 0 Å². The molecule has 2 aromatic carbocycles. The first-order valence-electron chi connectivity index (χ1n) is 8.48. The normalized spacial score (nSPS) is 11.1. The summed E-state index contributed by atoms with van der Waals surface area (Å²) in [6.45, 7) is 1.19. The fourth-order valence-corrected chi connectivity index (χ4v) is 3.69. The average Bonchev–Trinajstić information content (AvgIpc) is 3.04. The van der Waals surface area contributed by atoms with Gasteiger partial charge in [-0.05, 0) is 23.4 Å². The zero-order chi connectivity index (χ0) is 17.9. The van der Waals surface area contributed by atoms with Gasteiger partial charge in [-0.25, -0.2) is 4.98 Å². The molecule has 0 unspecified atom stereocenters. The van der Waals surface area contributed by atoms with Gasteiger partial charge in [0.2, 0.25) is 0 Å². The minimum Gasteiger partial charge on any atom is -0.310 e. The molecule has 0 aliphatic heterocycles. The zero-order valence-corrected chi connectivity index (χ0v) is 15.3. The molecule has 0 aliphatic carbocycles. The van der Waals surface area contributed by atoms with E-state index in [1.54, 1.807) is 16.3 Å². The minimum atomic E-state index is -0.00455. The van der Waals surface area contributed by atoms with E-state index in [2.05, 4.69) is 17.1 Å². The van der Waals surface area contributed by atoms with Gasteiger partial charge in [0.15, 0.2) is 5.16 Å². The number of nitrogens with zero attached hydrogens (tertiary/aromatic N) is 3. The molecule has 0 fully saturated rings. The van der Waals surface area contributed by atoms with Crippen LogP contribution in [0.15, 0.2) is 82.9 Å². The molecule has 0 aliphatic rings. The number of thioether (sulfide) groups is 1. The Morgan fingerprint density at radius 1 is 0.885 bits per heavy atom. The Kier molecular flexibility index (Phi) is 4.63. The molecule has 0 spiro atoms. The first-order valence-corrected chi connectivity index (χ1v) is 9.70. The molecule has 130 valence electrons. The van der Waals surface area contributed by atoms with Gasteiger partial charge in [-0.3, -0.25) is 4.79 Å². The molecule has 0 amide bonds. The monoisotopic (exact) mass is 361 g/mol. The summed E-state index contributed by atoms with van der Waals surface area (Å²) in [6.07, 6.45) is 3.83. The number of imidazole rings is 1. The molecule has 0 bridgehead atoms. The number of benzene rings is 2. The van der Waals surface area contributed by atoms with Crippen molar-refractivity contribution in [3.05, 3.63) is 94.4 Å². The van der Waals surface area contributed by atoms with E-state index in [4.69, 9.17) is 0 Å². The van der Waals surface area contributed by atoms with Crippen LogP contribution in [0.3, 0.4) is 0 Å². The average molecular weight is 361 g/mol. The Labute approximate surface area is 156 Å². The predicted octanol–water partition coefficient (Wildman–Crippen LogP) is 4.02. The van der Waals surface area contributed by atoms with Crippen LogP contribution in [0.5, 0.6) is 0 Å². The summed E-state index contributed by atoms with van der Waals surface area (Å²) < 4.78 is 3.78. The molecule has 0 saturated heterocycles. The molecule has 2 heterocycles. The molecule has 4 nitrogen and oxygen atoms in total. The van der Waals surface area contributed by atoms with Crippen molar-refractivity contribution in [2.24, 2.45) is 0 Å². The van der Waals surface area contributed by atoms with Crippen LogP contribution < -0.4 is 5.56 Å². The number of fused-ring (bicyclic) bond motifs is 1. The first kappa shape index (κ1) is 16.7. The summed E-state index contributed by atoms with van der Waals surface area (Å²) in [5.74, 6) is 0. The molecule has 0 N–H and O–H groups in total. The molecule has 26 heavy (non-hydrogen) atoms. The summed E-state index contributed by atoms with van der Waals surface area (Å²) in [5.41, 5.74) is 3.67. The van der Waals surface area contributed by atoms with Gasteiger partial charge < -0.3 is 9.13 Å². The van der Waals surface area contributed by atoms with E-state index < -0.39 is 0 Å². The maximum absolute atomic E-state index is 13.2. The van der Waals surface area contributed by atoms with E-state index in [-0.39, 0.29) is 5.56 Å². The minimum absolute atomic E-state index is 0.00455. The van der Waals surface area contributed by atoms with Crippen molar-refractivity contribution in [1.82, 2.24) is 14.1 Å².